The van der Waals surface area contributed by atoms with Gasteiger partial charge in [-0.3, -0.25) is 4.79 Å². The lowest BCUT2D eigenvalue weighted by Gasteiger charge is -2.62. The van der Waals surface area contributed by atoms with Crippen molar-refractivity contribution in [2.45, 2.75) is 65.7 Å². The van der Waals surface area contributed by atoms with Crippen molar-refractivity contribution in [2.24, 2.45) is 28.1 Å². The number of nitrogens with one attached hydrogen (secondary N) is 1. The number of ketones is 1. The molecule has 0 amide bonds. The second-order valence-corrected chi connectivity index (χ2v) is 9.85. The van der Waals surface area contributed by atoms with Crippen LogP contribution in [-0.2, 0) is 4.79 Å². The quantitative estimate of drug-likeness (QED) is 0.573. The van der Waals surface area contributed by atoms with Gasteiger partial charge in [-0.15, -0.1) is 0 Å². The third kappa shape index (κ3) is 2.70. The maximum Gasteiger partial charge on any atom is 0.144 e. The molecule has 2 fully saturated rings. The molecule has 4 atom stereocenters. The highest BCUT2D eigenvalue weighted by molar-refractivity contribution is 7.80. The molecule has 0 aromatic heterocycles. The van der Waals surface area contributed by atoms with Gasteiger partial charge in [-0.2, -0.15) is 12.6 Å². The van der Waals surface area contributed by atoms with Crippen molar-refractivity contribution >= 4 is 18.4 Å². The van der Waals surface area contributed by atoms with E-state index >= 15 is 0 Å². The van der Waals surface area contributed by atoms with E-state index in [1.807, 2.05) is 7.05 Å². The normalized spacial score (nSPS) is 41.9. The Morgan fingerprint density at radius 2 is 1.96 bits per heavy atom. The van der Waals surface area contributed by atoms with Gasteiger partial charge in [-0.25, -0.2) is 0 Å². The molecule has 3 aliphatic carbocycles. The predicted octanol–water partition coefficient (Wildman–Crippen LogP) is 4.65. The Kier molecular flexibility index (Phi) is 4.99. The van der Waals surface area contributed by atoms with Gasteiger partial charge in [0.2, 0.25) is 0 Å². The van der Waals surface area contributed by atoms with Crippen LogP contribution in [-0.4, -0.2) is 25.1 Å². The molecule has 0 aliphatic heterocycles. The summed E-state index contributed by atoms with van der Waals surface area (Å²) >= 11 is 4.47. The van der Waals surface area contributed by atoms with Crippen molar-refractivity contribution < 1.29 is 4.79 Å². The molecule has 2 saturated carbocycles. The Bertz CT molecular complexity index is 540. The van der Waals surface area contributed by atoms with Gasteiger partial charge < -0.3 is 5.32 Å². The van der Waals surface area contributed by atoms with Crippen molar-refractivity contribution in [3.8, 4) is 0 Å². The highest BCUT2D eigenvalue weighted by atomic mass is 32.1. The van der Waals surface area contributed by atoms with Crippen LogP contribution >= 0.6 is 12.6 Å². The minimum atomic E-state index is -0.172. The van der Waals surface area contributed by atoms with Crippen molar-refractivity contribution in [1.82, 2.24) is 5.32 Å². The fourth-order valence-electron chi connectivity index (χ4n) is 6.82. The molecule has 0 radical (unpaired) electrons. The molecule has 0 heterocycles. The van der Waals surface area contributed by atoms with Crippen LogP contribution in [0.15, 0.2) is 11.6 Å². The molecular weight excluding hydrogens is 314 g/mol. The maximum absolute atomic E-state index is 13.4. The number of Topliss-reactive ketones (excluding diaryl/α,β-unsaturated/α-hetero) is 1. The van der Waals surface area contributed by atoms with Crippen molar-refractivity contribution in [1.29, 1.82) is 0 Å². The molecule has 24 heavy (non-hydrogen) atoms. The summed E-state index contributed by atoms with van der Waals surface area (Å²) < 4.78 is 0. The van der Waals surface area contributed by atoms with Gasteiger partial charge in [0.25, 0.3) is 0 Å². The van der Waals surface area contributed by atoms with E-state index in [-0.39, 0.29) is 10.8 Å². The number of allylic oxidation sites excluding steroid dienone is 1. The summed E-state index contributed by atoms with van der Waals surface area (Å²) in [5.41, 5.74) is 1.76. The van der Waals surface area contributed by atoms with Crippen molar-refractivity contribution in [3.05, 3.63) is 11.6 Å². The fourth-order valence-corrected chi connectivity index (χ4v) is 7.07. The van der Waals surface area contributed by atoms with E-state index in [1.54, 1.807) is 0 Å². The summed E-state index contributed by atoms with van der Waals surface area (Å²) in [7, 11) is 2.01. The smallest absolute Gasteiger partial charge is 0.144 e. The maximum atomic E-state index is 13.4. The second-order valence-electron chi connectivity index (χ2n) is 9.53. The monoisotopic (exact) mass is 349 g/mol. The number of carbonyl (C=O) groups excluding carboxylic acids is 1. The molecule has 1 N–H and O–H groups in total. The van der Waals surface area contributed by atoms with E-state index in [4.69, 9.17) is 0 Å². The number of fused-ring (bicyclic) bond motifs is 3. The molecule has 0 aromatic carbocycles. The molecule has 2 nitrogen and oxygen atoms in total. The highest BCUT2D eigenvalue weighted by Gasteiger charge is 2.61. The molecule has 136 valence electrons. The SMILES string of the molecule is CNCC12CCC3C(C)(C)CCCC3(C)C1CC=C(CS)CC2=O. The molecular formula is C21H35NOS. The summed E-state index contributed by atoms with van der Waals surface area (Å²) in [5, 5.41) is 3.39. The number of carbonyl (C=O) groups is 1. The molecule has 3 aliphatic rings. The first kappa shape index (κ1) is 18.5. The lowest BCUT2D eigenvalue weighted by Crippen LogP contribution is -2.60. The largest absolute Gasteiger partial charge is 0.319 e. The molecule has 0 saturated heterocycles. The van der Waals surface area contributed by atoms with Crippen molar-refractivity contribution in [3.63, 3.8) is 0 Å². The first-order valence-corrected chi connectivity index (χ1v) is 10.4. The summed E-state index contributed by atoms with van der Waals surface area (Å²) in [4.78, 5) is 13.4. The highest BCUT2D eigenvalue weighted by Crippen LogP contribution is 2.65. The third-order valence-electron chi connectivity index (χ3n) is 7.90. The zero-order chi connectivity index (χ0) is 17.6. The van der Waals surface area contributed by atoms with Crippen LogP contribution in [0.4, 0.5) is 0 Å². The molecule has 3 heteroatoms. The lowest BCUT2D eigenvalue weighted by molar-refractivity contribution is -0.158. The first-order chi connectivity index (χ1) is 11.3. The van der Waals surface area contributed by atoms with Gasteiger partial charge in [0.05, 0.1) is 0 Å². The Morgan fingerprint density at radius 3 is 2.62 bits per heavy atom. The Morgan fingerprint density at radius 1 is 1.21 bits per heavy atom. The average Bonchev–Trinajstić information content (AvgIpc) is 2.65. The van der Waals surface area contributed by atoms with Crippen LogP contribution in [0.3, 0.4) is 0 Å². The molecule has 0 bridgehead atoms. The van der Waals surface area contributed by atoms with Crippen LogP contribution in [0.2, 0.25) is 0 Å². The number of hydrogen-bond donors (Lipinski definition) is 2. The third-order valence-corrected chi connectivity index (χ3v) is 8.30. The van der Waals surface area contributed by atoms with E-state index in [9.17, 15) is 4.79 Å². The molecule has 0 spiro atoms. The van der Waals surface area contributed by atoms with Crippen LogP contribution in [0.5, 0.6) is 0 Å². The molecule has 3 rings (SSSR count). The van der Waals surface area contributed by atoms with Gasteiger partial charge in [0.15, 0.2) is 0 Å². The predicted molar refractivity (Wildman–Crippen MR) is 104 cm³/mol. The van der Waals surface area contributed by atoms with E-state index in [0.717, 1.165) is 31.1 Å². The van der Waals surface area contributed by atoms with Crippen LogP contribution in [0.1, 0.15) is 65.7 Å². The standard InChI is InChI=1S/C21H35NOS/c1-19(2)9-5-10-20(3)16(19)8-11-21(14-22-4)17(20)7-6-15(13-24)12-18(21)23/h6,16-17,22,24H,5,7-14H2,1-4H3. The van der Waals surface area contributed by atoms with Gasteiger partial charge in [0, 0.05) is 24.1 Å². The molecule has 4 unspecified atom stereocenters. The second kappa shape index (κ2) is 6.46. The minimum Gasteiger partial charge on any atom is -0.319 e. The Hall–Kier alpha value is -0.280. The van der Waals surface area contributed by atoms with Crippen LogP contribution < -0.4 is 5.32 Å². The molecule has 0 aromatic rings. The van der Waals surface area contributed by atoms with E-state index in [1.165, 1.54) is 31.3 Å². The number of rotatable bonds is 3. The van der Waals surface area contributed by atoms with E-state index < -0.39 is 0 Å². The van der Waals surface area contributed by atoms with Gasteiger partial charge in [0.1, 0.15) is 5.78 Å². The zero-order valence-corrected chi connectivity index (χ0v) is 16.8. The topological polar surface area (TPSA) is 29.1 Å². The zero-order valence-electron chi connectivity index (χ0n) is 16.0. The summed E-state index contributed by atoms with van der Waals surface area (Å²) in [6, 6.07) is 0. The van der Waals surface area contributed by atoms with E-state index in [2.05, 4.69) is 44.8 Å². The summed E-state index contributed by atoms with van der Waals surface area (Å²) in [6.45, 7) is 8.29. The van der Waals surface area contributed by atoms with Crippen LogP contribution in [0, 0.1) is 28.1 Å². The lowest BCUT2D eigenvalue weighted by atomic mass is 9.42. The van der Waals surface area contributed by atoms with Crippen LogP contribution in [0.25, 0.3) is 0 Å². The van der Waals surface area contributed by atoms with Gasteiger partial charge in [-0.1, -0.05) is 38.8 Å². The van der Waals surface area contributed by atoms with Crippen molar-refractivity contribution in [2.75, 3.05) is 19.3 Å². The van der Waals surface area contributed by atoms with Gasteiger partial charge >= 0.3 is 0 Å². The first-order valence-electron chi connectivity index (χ1n) is 9.77. The minimum absolute atomic E-state index is 0.172. The number of hydrogen-bond acceptors (Lipinski definition) is 3. The Balaban J connectivity index is 2.07. The summed E-state index contributed by atoms with van der Waals surface area (Å²) in [5.74, 6) is 2.41. The summed E-state index contributed by atoms with van der Waals surface area (Å²) in [6.07, 6.45) is 10.3. The van der Waals surface area contributed by atoms with E-state index in [0.29, 0.717) is 23.5 Å². The fraction of sp³-hybridized carbons (Fsp3) is 0.857. The average molecular weight is 350 g/mol. The Labute approximate surface area is 153 Å². The number of thiol groups is 1. The van der Waals surface area contributed by atoms with Gasteiger partial charge in [-0.05, 0) is 61.8 Å².